The molecular weight excluding hydrogens is 388 g/mol. The summed E-state index contributed by atoms with van der Waals surface area (Å²) >= 11 is 0. The second kappa shape index (κ2) is 9.83. The van der Waals surface area contributed by atoms with Gasteiger partial charge in [0.25, 0.3) is 0 Å². The molecule has 7 nitrogen and oxygen atoms in total. The predicted molar refractivity (Wildman–Crippen MR) is 124 cm³/mol. The molecule has 1 fully saturated rings. The lowest BCUT2D eigenvalue weighted by atomic mass is 10.1. The van der Waals surface area contributed by atoms with Gasteiger partial charge in [-0.1, -0.05) is 31.9 Å². The van der Waals surface area contributed by atoms with Gasteiger partial charge < -0.3 is 15.5 Å². The van der Waals surface area contributed by atoms with Crippen LogP contribution in [0.4, 0.5) is 11.5 Å². The summed E-state index contributed by atoms with van der Waals surface area (Å²) in [5.74, 6) is 0.678. The number of hydrogen-bond donors (Lipinski definition) is 2. The van der Waals surface area contributed by atoms with Crippen LogP contribution in [0.3, 0.4) is 0 Å². The molecule has 1 amide bonds. The molecule has 0 bridgehead atoms. The van der Waals surface area contributed by atoms with Crippen LogP contribution in [0, 0.1) is 6.92 Å². The molecule has 1 aliphatic heterocycles. The van der Waals surface area contributed by atoms with E-state index in [0.717, 1.165) is 53.2 Å². The molecule has 0 radical (unpaired) electrons. The number of anilines is 2. The Labute approximate surface area is 183 Å². The third-order valence-electron chi connectivity index (χ3n) is 5.66. The molecule has 2 aromatic heterocycles. The van der Waals surface area contributed by atoms with Crippen molar-refractivity contribution in [3.8, 4) is 0 Å². The van der Waals surface area contributed by atoms with Crippen molar-refractivity contribution in [1.29, 1.82) is 0 Å². The third kappa shape index (κ3) is 4.99. The number of amides is 1. The first-order chi connectivity index (χ1) is 15.2. The summed E-state index contributed by atoms with van der Waals surface area (Å²) in [5, 5.41) is 6.40. The van der Waals surface area contributed by atoms with Gasteiger partial charge in [0.05, 0.1) is 5.52 Å². The van der Waals surface area contributed by atoms with E-state index in [-0.39, 0.29) is 11.9 Å². The highest BCUT2D eigenvalue weighted by molar-refractivity contribution is 5.98. The number of fused-ring (bicyclic) bond motifs is 1. The number of pyridine rings is 1. The fourth-order valence-electron chi connectivity index (χ4n) is 4.01. The topological polar surface area (TPSA) is 83.0 Å². The molecule has 4 rings (SSSR count). The average Bonchev–Trinajstić information content (AvgIpc) is 2.79. The van der Waals surface area contributed by atoms with Gasteiger partial charge in [0.2, 0.25) is 5.91 Å². The van der Waals surface area contributed by atoms with Gasteiger partial charge in [-0.05, 0) is 49.6 Å². The summed E-state index contributed by atoms with van der Waals surface area (Å²) in [5.41, 5.74) is 4.54. The van der Waals surface area contributed by atoms with Crippen LogP contribution in [0.15, 0.2) is 42.7 Å². The van der Waals surface area contributed by atoms with Crippen LogP contribution in [-0.4, -0.2) is 46.5 Å². The Bertz CT molecular complexity index is 1050. The van der Waals surface area contributed by atoms with Crippen LogP contribution in [0.25, 0.3) is 11.0 Å². The standard InChI is InChI=1S/C24H30N6O/c1-3-4-5-8-18-10-11-20-22(28-18)23(27-16-26-20)30-13-12-25-15-21(30)24(31)29-19-9-6-7-17(2)14-19/h6-7,9-11,14,16,21,25H,3-5,8,12-13,15H2,1-2H3,(H,29,31). The Hall–Kier alpha value is -3.06. The minimum Gasteiger partial charge on any atom is -0.340 e. The number of nitrogens with one attached hydrogen (secondary N) is 2. The SMILES string of the molecule is CCCCCc1ccc2ncnc(N3CCNCC3C(=O)Nc3cccc(C)c3)c2n1. The van der Waals surface area contributed by atoms with E-state index in [1.165, 1.54) is 12.8 Å². The highest BCUT2D eigenvalue weighted by atomic mass is 16.2. The third-order valence-corrected chi connectivity index (χ3v) is 5.66. The Balaban J connectivity index is 1.62. The number of benzene rings is 1. The molecule has 1 unspecified atom stereocenters. The molecule has 1 aliphatic rings. The van der Waals surface area contributed by atoms with Gasteiger partial charge in [0.15, 0.2) is 5.82 Å². The smallest absolute Gasteiger partial charge is 0.248 e. The quantitative estimate of drug-likeness (QED) is 0.572. The molecule has 1 atom stereocenters. The second-order valence-corrected chi connectivity index (χ2v) is 8.10. The second-order valence-electron chi connectivity index (χ2n) is 8.10. The molecule has 0 saturated carbocycles. The van der Waals surface area contributed by atoms with Crippen LogP contribution in [0.5, 0.6) is 0 Å². The lowest BCUT2D eigenvalue weighted by Gasteiger charge is -2.36. The zero-order valence-electron chi connectivity index (χ0n) is 18.3. The summed E-state index contributed by atoms with van der Waals surface area (Å²) in [6.45, 7) is 6.24. The van der Waals surface area contributed by atoms with E-state index in [9.17, 15) is 4.79 Å². The Morgan fingerprint density at radius 1 is 1.23 bits per heavy atom. The first-order valence-corrected chi connectivity index (χ1v) is 11.1. The number of carbonyl (C=O) groups is 1. The molecule has 0 aliphatic carbocycles. The number of carbonyl (C=O) groups excluding carboxylic acids is 1. The molecule has 1 saturated heterocycles. The number of rotatable bonds is 7. The van der Waals surface area contributed by atoms with Gasteiger partial charge in [-0.15, -0.1) is 0 Å². The Morgan fingerprint density at radius 3 is 2.97 bits per heavy atom. The van der Waals surface area contributed by atoms with Crippen LogP contribution < -0.4 is 15.5 Å². The average molecular weight is 419 g/mol. The zero-order chi connectivity index (χ0) is 21.6. The summed E-state index contributed by atoms with van der Waals surface area (Å²) in [4.78, 5) is 29.1. The van der Waals surface area contributed by atoms with Gasteiger partial charge in [0.1, 0.15) is 17.9 Å². The number of nitrogens with zero attached hydrogens (tertiary/aromatic N) is 4. The van der Waals surface area contributed by atoms with Gasteiger partial charge in [-0.3, -0.25) is 4.79 Å². The van der Waals surface area contributed by atoms with E-state index in [1.54, 1.807) is 6.33 Å². The fourth-order valence-corrected chi connectivity index (χ4v) is 4.01. The minimum atomic E-state index is -0.377. The van der Waals surface area contributed by atoms with Crippen LogP contribution in [-0.2, 0) is 11.2 Å². The van der Waals surface area contributed by atoms with Crippen LogP contribution >= 0.6 is 0 Å². The molecule has 31 heavy (non-hydrogen) atoms. The van der Waals surface area contributed by atoms with E-state index in [4.69, 9.17) is 4.98 Å². The summed E-state index contributed by atoms with van der Waals surface area (Å²) in [6.07, 6.45) is 6.00. The Morgan fingerprint density at radius 2 is 2.13 bits per heavy atom. The van der Waals surface area contributed by atoms with Crippen molar-refractivity contribution in [2.45, 2.75) is 45.6 Å². The highest BCUT2D eigenvalue weighted by Gasteiger charge is 2.31. The highest BCUT2D eigenvalue weighted by Crippen LogP contribution is 2.25. The summed E-state index contributed by atoms with van der Waals surface area (Å²) < 4.78 is 0. The fraction of sp³-hybridized carbons (Fsp3) is 0.417. The van der Waals surface area contributed by atoms with Gasteiger partial charge in [-0.2, -0.15) is 0 Å². The first-order valence-electron chi connectivity index (χ1n) is 11.1. The number of piperazine rings is 1. The number of aromatic nitrogens is 3. The van der Waals surface area contributed by atoms with Crippen molar-refractivity contribution in [3.05, 3.63) is 54.0 Å². The van der Waals surface area contributed by atoms with Crippen molar-refractivity contribution < 1.29 is 4.79 Å². The van der Waals surface area contributed by atoms with Crippen LogP contribution in [0.1, 0.15) is 37.4 Å². The molecule has 3 aromatic rings. The van der Waals surface area contributed by atoms with E-state index in [1.807, 2.05) is 37.3 Å². The van der Waals surface area contributed by atoms with Gasteiger partial charge in [0, 0.05) is 31.0 Å². The minimum absolute atomic E-state index is 0.0522. The maximum absolute atomic E-state index is 13.2. The van der Waals surface area contributed by atoms with Gasteiger partial charge >= 0.3 is 0 Å². The first kappa shape index (κ1) is 21.2. The summed E-state index contributed by atoms with van der Waals surface area (Å²) in [7, 11) is 0. The molecule has 1 aromatic carbocycles. The zero-order valence-corrected chi connectivity index (χ0v) is 18.3. The number of unbranched alkanes of at least 4 members (excludes halogenated alkanes) is 2. The largest absolute Gasteiger partial charge is 0.340 e. The van der Waals surface area contributed by atoms with E-state index in [2.05, 4.69) is 38.5 Å². The maximum Gasteiger partial charge on any atom is 0.248 e. The molecule has 3 heterocycles. The van der Waals surface area contributed by atoms with Gasteiger partial charge in [-0.25, -0.2) is 15.0 Å². The van der Waals surface area contributed by atoms with Crippen molar-refractivity contribution in [2.24, 2.45) is 0 Å². The maximum atomic E-state index is 13.2. The van der Waals surface area contributed by atoms with Crippen molar-refractivity contribution in [1.82, 2.24) is 20.3 Å². The molecule has 7 heteroatoms. The van der Waals surface area contributed by atoms with Crippen molar-refractivity contribution in [3.63, 3.8) is 0 Å². The lowest BCUT2D eigenvalue weighted by Crippen LogP contribution is -2.57. The van der Waals surface area contributed by atoms with Crippen molar-refractivity contribution in [2.75, 3.05) is 29.9 Å². The normalized spacial score (nSPS) is 16.5. The van der Waals surface area contributed by atoms with Crippen LogP contribution in [0.2, 0.25) is 0 Å². The summed E-state index contributed by atoms with van der Waals surface area (Å²) in [6, 6.07) is 11.5. The van der Waals surface area contributed by atoms with E-state index < -0.39 is 0 Å². The Kier molecular flexibility index (Phi) is 6.72. The predicted octanol–water partition coefficient (Wildman–Crippen LogP) is 3.48. The lowest BCUT2D eigenvalue weighted by molar-refractivity contribution is -0.117. The molecule has 0 spiro atoms. The molecule has 162 valence electrons. The van der Waals surface area contributed by atoms with Crippen molar-refractivity contribution >= 4 is 28.4 Å². The monoisotopic (exact) mass is 418 g/mol. The van der Waals surface area contributed by atoms with E-state index >= 15 is 0 Å². The number of aryl methyl sites for hydroxylation is 2. The molecular formula is C24H30N6O. The van der Waals surface area contributed by atoms with E-state index in [0.29, 0.717) is 13.1 Å². The number of hydrogen-bond acceptors (Lipinski definition) is 6. The molecule has 2 N–H and O–H groups in total.